The molecule has 1 rings (SSSR count). The minimum absolute atomic E-state index is 0.137. The molecule has 16 heavy (non-hydrogen) atoms. The van der Waals surface area contributed by atoms with E-state index in [1.165, 1.54) is 0 Å². The summed E-state index contributed by atoms with van der Waals surface area (Å²) in [5.74, 6) is 2.43. The summed E-state index contributed by atoms with van der Waals surface area (Å²) >= 11 is 0. The Hall–Kier alpha value is -1.82. The van der Waals surface area contributed by atoms with E-state index in [1.54, 1.807) is 18.3 Å². The Kier molecular flexibility index (Phi) is 4.53. The summed E-state index contributed by atoms with van der Waals surface area (Å²) in [4.78, 5) is 15.8. The Morgan fingerprint density at radius 2 is 2.44 bits per heavy atom. The second-order valence-corrected chi connectivity index (χ2v) is 3.67. The average molecular weight is 216 g/mol. The maximum absolute atomic E-state index is 11.8. The molecule has 1 N–H and O–H groups in total. The van der Waals surface area contributed by atoms with E-state index >= 15 is 0 Å². The van der Waals surface area contributed by atoms with E-state index in [9.17, 15) is 4.79 Å². The van der Waals surface area contributed by atoms with Crippen molar-refractivity contribution in [2.45, 2.75) is 32.7 Å². The number of carbonyl (C=O) groups excluding carboxylic acids is 1. The molecular weight excluding hydrogens is 200 g/mol. The number of hydrogen-bond acceptors (Lipinski definition) is 2. The van der Waals surface area contributed by atoms with Crippen LogP contribution in [-0.2, 0) is 0 Å². The number of terminal acetylenes is 1. The summed E-state index contributed by atoms with van der Waals surface area (Å²) in [6, 6.07) is 3.24. The molecule has 1 atom stereocenters. The number of rotatable bonds is 4. The van der Waals surface area contributed by atoms with Crippen LogP contribution < -0.4 is 5.32 Å². The van der Waals surface area contributed by atoms with E-state index in [0.29, 0.717) is 5.56 Å². The number of nitrogens with one attached hydrogen (secondary N) is 1. The quantitative estimate of drug-likeness (QED) is 0.781. The van der Waals surface area contributed by atoms with Gasteiger partial charge in [-0.05, 0) is 25.5 Å². The van der Waals surface area contributed by atoms with Crippen LogP contribution >= 0.6 is 0 Å². The molecule has 1 aromatic heterocycles. The molecule has 0 aliphatic heterocycles. The van der Waals surface area contributed by atoms with Crippen molar-refractivity contribution in [2.24, 2.45) is 0 Å². The minimum Gasteiger partial charge on any atom is -0.338 e. The highest BCUT2D eigenvalue weighted by Crippen LogP contribution is 2.02. The van der Waals surface area contributed by atoms with E-state index in [0.717, 1.165) is 18.5 Å². The fourth-order valence-corrected chi connectivity index (χ4v) is 1.41. The molecule has 0 saturated carbocycles. The Balaban J connectivity index is 2.69. The molecule has 1 aromatic rings. The SMILES string of the molecule is C#CC(CCC)NC(=O)c1ccnc(C)c1. The lowest BCUT2D eigenvalue weighted by atomic mass is 10.1. The van der Waals surface area contributed by atoms with E-state index in [-0.39, 0.29) is 11.9 Å². The lowest BCUT2D eigenvalue weighted by molar-refractivity contribution is 0.0944. The molecular formula is C13H16N2O. The summed E-state index contributed by atoms with van der Waals surface area (Å²) in [6.07, 6.45) is 8.70. The van der Waals surface area contributed by atoms with E-state index in [4.69, 9.17) is 6.42 Å². The predicted molar refractivity (Wildman–Crippen MR) is 64.0 cm³/mol. The number of nitrogens with zero attached hydrogens (tertiary/aromatic N) is 1. The molecule has 84 valence electrons. The van der Waals surface area contributed by atoms with Crippen LogP contribution in [0.3, 0.4) is 0 Å². The summed E-state index contributed by atoms with van der Waals surface area (Å²) in [5.41, 5.74) is 1.42. The molecule has 0 fully saturated rings. The first-order valence-electron chi connectivity index (χ1n) is 5.37. The summed E-state index contributed by atoms with van der Waals surface area (Å²) in [7, 11) is 0. The number of amides is 1. The molecule has 0 saturated heterocycles. The molecule has 0 bridgehead atoms. The fraction of sp³-hybridized carbons (Fsp3) is 0.385. The van der Waals surface area contributed by atoms with Crippen molar-refractivity contribution in [3.8, 4) is 12.3 Å². The zero-order valence-electron chi connectivity index (χ0n) is 9.66. The number of hydrogen-bond donors (Lipinski definition) is 1. The minimum atomic E-state index is -0.189. The van der Waals surface area contributed by atoms with Crippen LogP contribution in [0.15, 0.2) is 18.3 Å². The first-order chi connectivity index (χ1) is 7.67. The Morgan fingerprint density at radius 3 is 3.00 bits per heavy atom. The second-order valence-electron chi connectivity index (χ2n) is 3.67. The molecule has 1 heterocycles. The number of pyridine rings is 1. The number of aryl methyl sites for hydroxylation is 1. The molecule has 3 heteroatoms. The Labute approximate surface area is 96.3 Å². The van der Waals surface area contributed by atoms with Crippen molar-refractivity contribution in [1.29, 1.82) is 0 Å². The maximum atomic E-state index is 11.8. The van der Waals surface area contributed by atoms with Gasteiger partial charge in [0.1, 0.15) is 0 Å². The summed E-state index contributed by atoms with van der Waals surface area (Å²) < 4.78 is 0. The third-order valence-corrected chi connectivity index (χ3v) is 2.24. The van der Waals surface area contributed by atoms with Gasteiger partial charge in [-0.1, -0.05) is 19.3 Å². The van der Waals surface area contributed by atoms with Crippen LogP contribution in [0.2, 0.25) is 0 Å². The molecule has 0 aliphatic rings. The first kappa shape index (κ1) is 12.3. The number of carbonyl (C=O) groups is 1. The third kappa shape index (κ3) is 3.39. The van der Waals surface area contributed by atoms with Gasteiger partial charge in [-0.15, -0.1) is 6.42 Å². The lowest BCUT2D eigenvalue weighted by Gasteiger charge is -2.11. The predicted octanol–water partition coefficient (Wildman–Crippen LogP) is 1.92. The molecule has 1 amide bonds. The largest absolute Gasteiger partial charge is 0.338 e. The van der Waals surface area contributed by atoms with Gasteiger partial charge in [-0.2, -0.15) is 0 Å². The van der Waals surface area contributed by atoms with Crippen LogP contribution in [-0.4, -0.2) is 16.9 Å². The van der Waals surface area contributed by atoms with Crippen LogP contribution in [0.4, 0.5) is 0 Å². The van der Waals surface area contributed by atoms with Gasteiger partial charge in [0.2, 0.25) is 0 Å². The van der Waals surface area contributed by atoms with Crippen molar-refractivity contribution < 1.29 is 4.79 Å². The van der Waals surface area contributed by atoms with E-state index in [2.05, 4.69) is 16.2 Å². The highest BCUT2D eigenvalue weighted by atomic mass is 16.1. The smallest absolute Gasteiger partial charge is 0.252 e. The van der Waals surface area contributed by atoms with Gasteiger partial charge in [0.15, 0.2) is 0 Å². The molecule has 0 aromatic carbocycles. The summed E-state index contributed by atoms with van der Waals surface area (Å²) in [5, 5.41) is 2.81. The molecule has 1 unspecified atom stereocenters. The van der Waals surface area contributed by atoms with Crippen molar-refractivity contribution in [1.82, 2.24) is 10.3 Å². The molecule has 0 aliphatic carbocycles. The van der Waals surface area contributed by atoms with Crippen molar-refractivity contribution >= 4 is 5.91 Å². The van der Waals surface area contributed by atoms with Gasteiger partial charge in [0.25, 0.3) is 5.91 Å². The third-order valence-electron chi connectivity index (χ3n) is 2.24. The molecule has 0 spiro atoms. The van der Waals surface area contributed by atoms with Crippen LogP contribution in [0.25, 0.3) is 0 Å². The van der Waals surface area contributed by atoms with Gasteiger partial charge < -0.3 is 5.32 Å². The molecule has 0 radical (unpaired) electrons. The Morgan fingerprint density at radius 1 is 1.69 bits per heavy atom. The first-order valence-corrected chi connectivity index (χ1v) is 5.37. The van der Waals surface area contributed by atoms with Crippen molar-refractivity contribution in [3.05, 3.63) is 29.6 Å². The normalized spacial score (nSPS) is 11.6. The van der Waals surface area contributed by atoms with Gasteiger partial charge >= 0.3 is 0 Å². The topological polar surface area (TPSA) is 42.0 Å². The number of aromatic nitrogens is 1. The van der Waals surface area contributed by atoms with Crippen molar-refractivity contribution in [3.63, 3.8) is 0 Å². The average Bonchev–Trinajstić information content (AvgIpc) is 2.28. The fourth-order valence-electron chi connectivity index (χ4n) is 1.41. The zero-order valence-corrected chi connectivity index (χ0v) is 9.66. The molecule has 3 nitrogen and oxygen atoms in total. The van der Waals surface area contributed by atoms with Gasteiger partial charge in [-0.3, -0.25) is 9.78 Å². The maximum Gasteiger partial charge on any atom is 0.252 e. The van der Waals surface area contributed by atoms with E-state index < -0.39 is 0 Å². The zero-order chi connectivity index (χ0) is 12.0. The monoisotopic (exact) mass is 216 g/mol. The highest BCUT2D eigenvalue weighted by molar-refractivity contribution is 5.94. The summed E-state index contributed by atoms with van der Waals surface area (Å²) in [6.45, 7) is 3.88. The van der Waals surface area contributed by atoms with E-state index in [1.807, 2.05) is 13.8 Å². The Bertz CT molecular complexity index is 407. The second kappa shape index (κ2) is 5.92. The van der Waals surface area contributed by atoms with Crippen LogP contribution in [0.5, 0.6) is 0 Å². The van der Waals surface area contributed by atoms with Crippen LogP contribution in [0, 0.1) is 19.3 Å². The highest BCUT2D eigenvalue weighted by Gasteiger charge is 2.10. The van der Waals surface area contributed by atoms with Gasteiger partial charge in [-0.25, -0.2) is 0 Å². The van der Waals surface area contributed by atoms with Gasteiger partial charge in [0.05, 0.1) is 6.04 Å². The van der Waals surface area contributed by atoms with Gasteiger partial charge in [0, 0.05) is 17.5 Å². The lowest BCUT2D eigenvalue weighted by Crippen LogP contribution is -2.33. The standard InChI is InChI=1S/C13H16N2O/c1-4-6-12(5-2)15-13(16)11-7-8-14-10(3)9-11/h2,7-9,12H,4,6H2,1,3H3,(H,15,16). The van der Waals surface area contributed by atoms with Crippen molar-refractivity contribution in [2.75, 3.05) is 0 Å². The van der Waals surface area contributed by atoms with Crippen LogP contribution in [0.1, 0.15) is 35.8 Å².